The number of carbonyl (C=O) groups excluding carboxylic acids is 2. The molecule has 1 aliphatic heterocycles. The van der Waals surface area contributed by atoms with Crippen molar-refractivity contribution in [2.45, 2.75) is 19.9 Å². The molecule has 0 saturated heterocycles. The van der Waals surface area contributed by atoms with Gasteiger partial charge in [0.25, 0.3) is 11.6 Å². The van der Waals surface area contributed by atoms with Crippen molar-refractivity contribution >= 4 is 23.3 Å². The first-order chi connectivity index (χ1) is 14.8. The summed E-state index contributed by atoms with van der Waals surface area (Å²) in [5.41, 5.74) is 1.35. The number of ether oxygens (including phenoxy) is 2. The van der Waals surface area contributed by atoms with Gasteiger partial charge in [-0.2, -0.15) is 0 Å². The number of benzene rings is 2. The minimum absolute atomic E-state index is 0.147. The maximum Gasteiger partial charge on any atom is 0.319 e. The lowest BCUT2D eigenvalue weighted by atomic mass is 9.94. The number of nitro benzene ring substituents is 1. The fourth-order valence-electron chi connectivity index (χ4n) is 3.28. The summed E-state index contributed by atoms with van der Waals surface area (Å²) >= 11 is 0. The summed E-state index contributed by atoms with van der Waals surface area (Å²) in [6, 6.07) is 9.52. The number of urea groups is 1. The third kappa shape index (κ3) is 4.74. The topological polar surface area (TPSA) is 132 Å². The lowest BCUT2D eigenvalue weighted by Gasteiger charge is -2.29. The highest BCUT2D eigenvalue weighted by atomic mass is 16.6. The van der Waals surface area contributed by atoms with E-state index in [0.717, 1.165) is 0 Å². The molecule has 3 amide bonds. The standard InChI is InChI=1S/C21H22N4O6/c1-4-31-16-9-8-13(10-17(16)30-3)19-18(12(2)22-21(27)24-19)20(26)23-14-6-5-7-15(11-14)25(28)29/h5-11,19H,4H2,1-3H3,(H,23,26)(H2,22,24,27). The molecule has 0 aromatic heterocycles. The second-order valence-corrected chi connectivity index (χ2v) is 6.68. The molecule has 3 N–H and O–H groups in total. The van der Waals surface area contributed by atoms with Gasteiger partial charge in [-0.3, -0.25) is 14.9 Å². The van der Waals surface area contributed by atoms with Gasteiger partial charge in [-0.1, -0.05) is 12.1 Å². The average Bonchev–Trinajstić information content (AvgIpc) is 2.73. The number of non-ortho nitro benzene ring substituents is 1. The number of nitro groups is 1. The predicted octanol–water partition coefficient (Wildman–Crippen LogP) is 3.27. The molecule has 0 saturated carbocycles. The Morgan fingerprint density at radius 3 is 2.68 bits per heavy atom. The molecule has 3 rings (SSSR count). The second kappa shape index (κ2) is 9.16. The van der Waals surface area contributed by atoms with Crippen molar-refractivity contribution in [1.82, 2.24) is 10.6 Å². The summed E-state index contributed by atoms with van der Waals surface area (Å²) in [5.74, 6) is 0.490. The zero-order valence-corrected chi connectivity index (χ0v) is 17.2. The molecule has 10 nitrogen and oxygen atoms in total. The van der Waals surface area contributed by atoms with Crippen LogP contribution in [0.15, 0.2) is 53.7 Å². The summed E-state index contributed by atoms with van der Waals surface area (Å²) in [7, 11) is 1.50. The van der Waals surface area contributed by atoms with Crippen LogP contribution in [0.3, 0.4) is 0 Å². The molecule has 0 aliphatic carbocycles. The smallest absolute Gasteiger partial charge is 0.319 e. The van der Waals surface area contributed by atoms with Gasteiger partial charge in [0.2, 0.25) is 0 Å². The normalized spacial score (nSPS) is 15.6. The zero-order chi connectivity index (χ0) is 22.5. The number of hydrogen-bond donors (Lipinski definition) is 3. The van der Waals surface area contributed by atoms with Crippen LogP contribution in [0.1, 0.15) is 25.5 Å². The summed E-state index contributed by atoms with van der Waals surface area (Å²) in [6.45, 7) is 3.92. The Morgan fingerprint density at radius 2 is 2.00 bits per heavy atom. The minimum atomic E-state index is -0.767. The van der Waals surface area contributed by atoms with Crippen molar-refractivity contribution in [2.24, 2.45) is 0 Å². The molecule has 2 aromatic carbocycles. The van der Waals surface area contributed by atoms with E-state index in [2.05, 4.69) is 16.0 Å². The highest BCUT2D eigenvalue weighted by molar-refractivity contribution is 6.06. The SMILES string of the molecule is CCOc1ccc(C2NC(=O)NC(C)=C2C(=O)Nc2cccc([N+](=O)[O-])c2)cc1OC. The number of hydrogen-bond acceptors (Lipinski definition) is 6. The van der Waals surface area contributed by atoms with Gasteiger partial charge in [0.1, 0.15) is 0 Å². The molecule has 31 heavy (non-hydrogen) atoms. The number of nitrogens with one attached hydrogen (secondary N) is 3. The van der Waals surface area contributed by atoms with Crippen LogP contribution in [0.25, 0.3) is 0 Å². The molecule has 1 unspecified atom stereocenters. The summed E-state index contributed by atoms with van der Waals surface area (Å²) < 4.78 is 10.9. The van der Waals surface area contributed by atoms with Crippen molar-refractivity contribution in [3.63, 3.8) is 0 Å². The van der Waals surface area contributed by atoms with Crippen LogP contribution in [0.2, 0.25) is 0 Å². The lowest BCUT2D eigenvalue weighted by Crippen LogP contribution is -2.46. The van der Waals surface area contributed by atoms with Crippen molar-refractivity contribution in [3.05, 3.63) is 69.4 Å². The molecule has 1 aliphatic rings. The highest BCUT2D eigenvalue weighted by Gasteiger charge is 2.32. The molecular formula is C21H22N4O6. The third-order valence-electron chi connectivity index (χ3n) is 4.65. The van der Waals surface area contributed by atoms with Crippen molar-refractivity contribution < 1.29 is 24.0 Å². The van der Waals surface area contributed by atoms with Gasteiger partial charge < -0.3 is 25.4 Å². The fourth-order valence-corrected chi connectivity index (χ4v) is 3.28. The van der Waals surface area contributed by atoms with Gasteiger partial charge in [0, 0.05) is 23.5 Å². The van der Waals surface area contributed by atoms with E-state index in [0.29, 0.717) is 29.4 Å². The fraction of sp³-hybridized carbons (Fsp3) is 0.238. The molecule has 0 radical (unpaired) electrons. The number of anilines is 1. The zero-order valence-electron chi connectivity index (χ0n) is 17.2. The molecular weight excluding hydrogens is 404 g/mol. The highest BCUT2D eigenvalue weighted by Crippen LogP contribution is 2.34. The lowest BCUT2D eigenvalue weighted by molar-refractivity contribution is -0.384. The first-order valence-corrected chi connectivity index (χ1v) is 9.48. The van der Waals surface area contributed by atoms with Crippen LogP contribution in [-0.4, -0.2) is 30.6 Å². The predicted molar refractivity (Wildman–Crippen MR) is 113 cm³/mol. The molecule has 1 atom stereocenters. The number of methoxy groups -OCH3 is 1. The Kier molecular flexibility index (Phi) is 6.39. The van der Waals surface area contributed by atoms with E-state index in [4.69, 9.17) is 9.47 Å². The van der Waals surface area contributed by atoms with E-state index >= 15 is 0 Å². The summed E-state index contributed by atoms with van der Waals surface area (Å²) in [6.07, 6.45) is 0. The van der Waals surface area contributed by atoms with Crippen LogP contribution in [-0.2, 0) is 4.79 Å². The number of nitrogens with zero attached hydrogens (tertiary/aromatic N) is 1. The van der Waals surface area contributed by atoms with Gasteiger partial charge in [0.15, 0.2) is 11.5 Å². The van der Waals surface area contributed by atoms with E-state index in [1.165, 1.54) is 25.3 Å². The first kappa shape index (κ1) is 21.6. The molecule has 0 fully saturated rings. The molecule has 2 aromatic rings. The van der Waals surface area contributed by atoms with Crippen LogP contribution in [0.5, 0.6) is 11.5 Å². The monoisotopic (exact) mass is 426 g/mol. The van der Waals surface area contributed by atoms with Crippen molar-refractivity contribution in [1.29, 1.82) is 0 Å². The summed E-state index contributed by atoms with van der Waals surface area (Å²) in [5, 5.41) is 19.0. The van der Waals surface area contributed by atoms with Crippen LogP contribution in [0, 0.1) is 10.1 Å². The number of allylic oxidation sites excluding steroid dienone is 1. The minimum Gasteiger partial charge on any atom is -0.493 e. The van der Waals surface area contributed by atoms with Gasteiger partial charge in [0.05, 0.1) is 30.3 Å². The van der Waals surface area contributed by atoms with Gasteiger partial charge in [-0.15, -0.1) is 0 Å². The third-order valence-corrected chi connectivity index (χ3v) is 4.65. The Bertz CT molecular complexity index is 1070. The molecule has 1 heterocycles. The van der Waals surface area contributed by atoms with Gasteiger partial charge >= 0.3 is 6.03 Å². The number of amides is 3. The van der Waals surface area contributed by atoms with E-state index in [9.17, 15) is 19.7 Å². The van der Waals surface area contributed by atoms with E-state index in [-0.39, 0.29) is 16.9 Å². The molecule has 162 valence electrons. The van der Waals surface area contributed by atoms with Gasteiger partial charge in [-0.05, 0) is 37.6 Å². The molecule has 0 bridgehead atoms. The van der Waals surface area contributed by atoms with E-state index < -0.39 is 22.9 Å². The Morgan fingerprint density at radius 1 is 1.23 bits per heavy atom. The molecule has 10 heteroatoms. The summed E-state index contributed by atoms with van der Waals surface area (Å²) in [4.78, 5) is 35.7. The first-order valence-electron chi connectivity index (χ1n) is 9.48. The van der Waals surface area contributed by atoms with E-state index in [1.54, 1.807) is 31.2 Å². The van der Waals surface area contributed by atoms with Crippen LogP contribution in [0.4, 0.5) is 16.2 Å². The van der Waals surface area contributed by atoms with Crippen LogP contribution >= 0.6 is 0 Å². The Hall–Kier alpha value is -4.08. The largest absolute Gasteiger partial charge is 0.493 e. The van der Waals surface area contributed by atoms with E-state index in [1.807, 2.05) is 6.92 Å². The maximum absolute atomic E-state index is 13.1. The van der Waals surface area contributed by atoms with Crippen molar-refractivity contribution in [3.8, 4) is 11.5 Å². The van der Waals surface area contributed by atoms with Crippen molar-refractivity contribution in [2.75, 3.05) is 19.0 Å². The second-order valence-electron chi connectivity index (χ2n) is 6.68. The number of rotatable bonds is 7. The quantitative estimate of drug-likeness (QED) is 0.460. The average molecular weight is 426 g/mol. The number of carbonyl (C=O) groups is 2. The molecule has 0 spiro atoms. The maximum atomic E-state index is 13.1. The van der Waals surface area contributed by atoms with Gasteiger partial charge in [-0.25, -0.2) is 4.79 Å². The Labute approximate surface area is 178 Å². The Balaban J connectivity index is 1.96. The van der Waals surface area contributed by atoms with Crippen LogP contribution < -0.4 is 25.4 Å².